The number of amides is 2. The molecule has 3 atom stereocenters. The average molecular weight is 410 g/mol. The van der Waals surface area contributed by atoms with Gasteiger partial charge in [0.05, 0.1) is 37.7 Å². The molecule has 2 aromatic carbocycles. The number of fused-ring (bicyclic) bond motifs is 1. The number of nitrogens with zero attached hydrogens (tertiary/aromatic N) is 1. The van der Waals surface area contributed by atoms with Crippen LogP contribution in [-0.2, 0) is 9.59 Å². The summed E-state index contributed by atoms with van der Waals surface area (Å²) in [6, 6.07) is 13.1. The van der Waals surface area contributed by atoms with E-state index in [0.717, 1.165) is 42.1 Å². The molecule has 7 nitrogen and oxygen atoms in total. The van der Waals surface area contributed by atoms with E-state index in [1.54, 1.807) is 19.1 Å². The smallest absolute Gasteiger partial charge is 0.285 e. The van der Waals surface area contributed by atoms with Gasteiger partial charge in [0, 0.05) is 12.8 Å². The number of carbonyl (C=O) groups is 2. The summed E-state index contributed by atoms with van der Waals surface area (Å²) in [5, 5.41) is 2.85. The lowest BCUT2D eigenvalue weighted by Gasteiger charge is -2.34. The molecular weight excluding hydrogens is 382 g/mol. The standard InChI is InChI=1S/C23H27N3O4/c1-15(23(28)26-14-22(27)24-18-7-4-5-8-20(18)26)25-12-6-9-19(25)17-13-16(29-2)10-11-21(17)30-3/h4-5,7-8,10-11,13,15,19H,6,9,12,14H2,1-3H3,(H,24,27)/p+1/t15-,19-/m1/s1. The Labute approximate surface area is 176 Å². The van der Waals surface area contributed by atoms with Gasteiger partial charge in [-0.3, -0.25) is 14.5 Å². The lowest BCUT2D eigenvalue weighted by Crippen LogP contribution is -3.15. The van der Waals surface area contributed by atoms with Crippen molar-refractivity contribution in [3.63, 3.8) is 0 Å². The Morgan fingerprint density at radius 2 is 2.00 bits per heavy atom. The Kier molecular flexibility index (Phi) is 5.63. The predicted octanol–water partition coefficient (Wildman–Crippen LogP) is 1.80. The van der Waals surface area contributed by atoms with Crippen molar-refractivity contribution in [2.24, 2.45) is 0 Å². The molecule has 30 heavy (non-hydrogen) atoms. The zero-order chi connectivity index (χ0) is 21.3. The van der Waals surface area contributed by atoms with Gasteiger partial charge in [0.15, 0.2) is 6.04 Å². The highest BCUT2D eigenvalue weighted by molar-refractivity contribution is 6.10. The molecule has 2 aliphatic rings. The van der Waals surface area contributed by atoms with Crippen LogP contribution < -0.4 is 24.6 Å². The van der Waals surface area contributed by atoms with Crippen molar-refractivity contribution in [2.75, 3.05) is 37.5 Å². The van der Waals surface area contributed by atoms with Crippen molar-refractivity contribution in [1.82, 2.24) is 0 Å². The number of hydrogen-bond donors (Lipinski definition) is 2. The summed E-state index contributed by atoms with van der Waals surface area (Å²) >= 11 is 0. The predicted molar refractivity (Wildman–Crippen MR) is 114 cm³/mol. The molecule has 2 N–H and O–H groups in total. The van der Waals surface area contributed by atoms with Crippen LogP contribution in [0.25, 0.3) is 0 Å². The van der Waals surface area contributed by atoms with E-state index in [-0.39, 0.29) is 30.4 Å². The summed E-state index contributed by atoms with van der Waals surface area (Å²) in [5.74, 6) is 1.37. The van der Waals surface area contributed by atoms with Crippen LogP contribution in [0.15, 0.2) is 42.5 Å². The lowest BCUT2D eigenvalue weighted by atomic mass is 10.0. The molecule has 1 fully saturated rings. The van der Waals surface area contributed by atoms with E-state index >= 15 is 0 Å². The molecule has 4 rings (SSSR count). The second-order valence-electron chi connectivity index (χ2n) is 7.84. The van der Waals surface area contributed by atoms with Gasteiger partial charge in [-0.1, -0.05) is 12.1 Å². The van der Waals surface area contributed by atoms with Crippen LogP contribution in [0.1, 0.15) is 31.4 Å². The van der Waals surface area contributed by atoms with Gasteiger partial charge >= 0.3 is 0 Å². The minimum atomic E-state index is -0.299. The fraction of sp³-hybridized carbons (Fsp3) is 0.391. The van der Waals surface area contributed by atoms with Crippen molar-refractivity contribution in [1.29, 1.82) is 0 Å². The van der Waals surface area contributed by atoms with Crippen LogP contribution >= 0.6 is 0 Å². The number of likely N-dealkylation sites (tertiary alicyclic amines) is 1. The first-order valence-corrected chi connectivity index (χ1v) is 10.3. The number of hydrogen-bond acceptors (Lipinski definition) is 4. The van der Waals surface area contributed by atoms with Crippen molar-refractivity contribution in [3.05, 3.63) is 48.0 Å². The molecule has 2 aromatic rings. The van der Waals surface area contributed by atoms with E-state index in [1.165, 1.54) is 4.90 Å². The van der Waals surface area contributed by atoms with E-state index in [1.807, 2.05) is 49.4 Å². The van der Waals surface area contributed by atoms with Gasteiger partial charge in [-0.05, 0) is 37.3 Å². The number of methoxy groups -OCH3 is 2. The first kappa shape index (κ1) is 20.2. The molecule has 1 saturated heterocycles. The van der Waals surface area contributed by atoms with Gasteiger partial charge in [0.1, 0.15) is 24.1 Å². The molecule has 0 aromatic heterocycles. The van der Waals surface area contributed by atoms with E-state index in [9.17, 15) is 9.59 Å². The molecule has 0 saturated carbocycles. The summed E-state index contributed by atoms with van der Waals surface area (Å²) in [5.41, 5.74) is 2.49. The van der Waals surface area contributed by atoms with Crippen LogP contribution in [0, 0.1) is 0 Å². The zero-order valence-corrected chi connectivity index (χ0v) is 17.6. The number of rotatable bonds is 5. The van der Waals surface area contributed by atoms with Crippen LogP contribution in [0.2, 0.25) is 0 Å². The maximum absolute atomic E-state index is 13.5. The number of anilines is 2. The van der Waals surface area contributed by atoms with Crippen molar-refractivity contribution >= 4 is 23.2 Å². The average Bonchev–Trinajstić information content (AvgIpc) is 3.26. The molecule has 2 aliphatic heterocycles. The quantitative estimate of drug-likeness (QED) is 0.789. The largest absolute Gasteiger partial charge is 0.497 e. The van der Waals surface area contributed by atoms with Gasteiger partial charge in [-0.15, -0.1) is 0 Å². The van der Waals surface area contributed by atoms with Gasteiger partial charge < -0.3 is 19.7 Å². The number of quaternary nitrogens is 1. The number of carbonyl (C=O) groups excluding carboxylic acids is 2. The maximum Gasteiger partial charge on any atom is 0.285 e. The first-order valence-electron chi connectivity index (χ1n) is 10.3. The fourth-order valence-corrected chi connectivity index (χ4v) is 4.68. The SMILES string of the molecule is COc1ccc(OC)c([C@H]2CCC[NH+]2[C@H](C)C(=O)N2CC(=O)Nc3ccccc32)c1. The third kappa shape index (κ3) is 3.61. The van der Waals surface area contributed by atoms with Crippen LogP contribution in [0.3, 0.4) is 0 Å². The minimum Gasteiger partial charge on any atom is -0.497 e. The number of para-hydroxylation sites is 2. The topological polar surface area (TPSA) is 72.3 Å². The lowest BCUT2D eigenvalue weighted by molar-refractivity contribution is -0.932. The number of benzene rings is 2. The first-order chi connectivity index (χ1) is 14.5. The molecule has 0 aliphatic carbocycles. The summed E-state index contributed by atoms with van der Waals surface area (Å²) < 4.78 is 11.0. The van der Waals surface area contributed by atoms with Crippen molar-refractivity contribution < 1.29 is 24.0 Å². The summed E-state index contributed by atoms with van der Waals surface area (Å²) in [4.78, 5) is 28.5. The summed E-state index contributed by atoms with van der Waals surface area (Å²) in [6.07, 6.45) is 1.99. The Balaban J connectivity index is 1.63. The summed E-state index contributed by atoms with van der Waals surface area (Å²) in [7, 11) is 3.31. The molecular formula is C23H28N3O4+. The Hall–Kier alpha value is -3.06. The van der Waals surface area contributed by atoms with Crippen molar-refractivity contribution in [2.45, 2.75) is 31.8 Å². The minimum absolute atomic E-state index is 0.0407. The Morgan fingerprint density at radius 1 is 1.20 bits per heavy atom. The van der Waals surface area contributed by atoms with Gasteiger partial charge in [0.2, 0.25) is 5.91 Å². The van der Waals surface area contributed by atoms with Crippen LogP contribution in [0.4, 0.5) is 11.4 Å². The summed E-state index contributed by atoms with van der Waals surface area (Å²) in [6.45, 7) is 2.89. The van der Waals surface area contributed by atoms with E-state index < -0.39 is 0 Å². The Bertz CT molecular complexity index is 961. The number of nitrogens with one attached hydrogen (secondary N) is 2. The molecule has 7 heteroatoms. The normalized spacial score (nSPS) is 21.6. The van der Waals surface area contributed by atoms with Crippen LogP contribution in [0.5, 0.6) is 11.5 Å². The number of ether oxygens (including phenoxy) is 2. The fourth-order valence-electron chi connectivity index (χ4n) is 4.68. The Morgan fingerprint density at radius 3 is 2.77 bits per heavy atom. The van der Waals surface area contributed by atoms with E-state index in [0.29, 0.717) is 5.69 Å². The zero-order valence-electron chi connectivity index (χ0n) is 17.6. The highest BCUT2D eigenvalue weighted by Crippen LogP contribution is 2.33. The molecule has 0 radical (unpaired) electrons. The van der Waals surface area contributed by atoms with Gasteiger partial charge in [-0.2, -0.15) is 0 Å². The van der Waals surface area contributed by atoms with Crippen LogP contribution in [-0.4, -0.2) is 45.2 Å². The highest BCUT2D eigenvalue weighted by Gasteiger charge is 2.41. The van der Waals surface area contributed by atoms with E-state index in [2.05, 4.69) is 5.32 Å². The monoisotopic (exact) mass is 410 g/mol. The molecule has 158 valence electrons. The van der Waals surface area contributed by atoms with Gasteiger partial charge in [-0.25, -0.2) is 0 Å². The van der Waals surface area contributed by atoms with E-state index in [4.69, 9.17) is 9.47 Å². The molecule has 1 unspecified atom stereocenters. The molecule has 0 spiro atoms. The molecule has 2 heterocycles. The third-order valence-corrected chi connectivity index (χ3v) is 6.18. The van der Waals surface area contributed by atoms with Crippen molar-refractivity contribution in [3.8, 4) is 11.5 Å². The highest BCUT2D eigenvalue weighted by atomic mass is 16.5. The second kappa shape index (κ2) is 8.36. The molecule has 0 bridgehead atoms. The third-order valence-electron chi connectivity index (χ3n) is 6.18. The molecule has 2 amide bonds. The second-order valence-corrected chi connectivity index (χ2v) is 7.84. The maximum atomic E-state index is 13.5. The van der Waals surface area contributed by atoms with Gasteiger partial charge in [0.25, 0.3) is 5.91 Å².